The van der Waals surface area contributed by atoms with E-state index in [9.17, 15) is 10.1 Å². The van der Waals surface area contributed by atoms with E-state index in [1.54, 1.807) is 18.2 Å². The van der Waals surface area contributed by atoms with Gasteiger partial charge in [0.1, 0.15) is 0 Å². The first-order valence-electron chi connectivity index (χ1n) is 4.05. The van der Waals surface area contributed by atoms with E-state index in [-0.39, 0.29) is 20.3 Å². The Balaban J connectivity index is 3.13. The molecule has 0 unspecified atom stereocenters. The first-order chi connectivity index (χ1) is 6.54. The molecule has 0 saturated carbocycles. The molecule has 0 aliphatic carbocycles. The summed E-state index contributed by atoms with van der Waals surface area (Å²) in [6.07, 6.45) is 0. The van der Waals surface area contributed by atoms with Crippen LogP contribution in [0.15, 0.2) is 24.3 Å². The zero-order chi connectivity index (χ0) is 10.7. The second-order valence-electron chi connectivity index (χ2n) is 2.90. The number of benzene rings is 1. The molecule has 0 N–H and O–H groups in total. The van der Waals surface area contributed by atoms with Gasteiger partial charge >= 0.3 is 0 Å². The smallest absolute Gasteiger partial charge is 0.258 e. The van der Waals surface area contributed by atoms with Crippen molar-refractivity contribution >= 4 is 37.5 Å². The third-order valence-electron chi connectivity index (χ3n) is 1.83. The highest BCUT2D eigenvalue weighted by Gasteiger charge is 2.22. The number of nitrogens with zero attached hydrogens (tertiary/aromatic N) is 1. The van der Waals surface area contributed by atoms with Gasteiger partial charge < -0.3 is 0 Å². The lowest BCUT2D eigenvalue weighted by Crippen LogP contribution is -2.04. The van der Waals surface area contributed by atoms with Gasteiger partial charge in [-0.3, -0.25) is 10.1 Å². The molecule has 76 valence electrons. The molecule has 0 bridgehead atoms. The number of hydrogen-bond acceptors (Lipinski definition) is 2. The molecule has 2 atom stereocenters. The van der Waals surface area contributed by atoms with Crippen molar-refractivity contribution in [3.05, 3.63) is 39.9 Å². The van der Waals surface area contributed by atoms with Gasteiger partial charge in [0, 0.05) is 16.5 Å². The number of alkyl halides is 2. The average Bonchev–Trinajstić information content (AvgIpc) is 2.16. The van der Waals surface area contributed by atoms with Crippen LogP contribution in [-0.4, -0.2) is 9.75 Å². The maximum Gasteiger partial charge on any atom is 0.273 e. The Kier molecular flexibility index (Phi) is 4.07. The van der Waals surface area contributed by atoms with Gasteiger partial charge in [0.15, 0.2) is 0 Å². The third-order valence-corrected chi connectivity index (χ3v) is 4.36. The van der Waals surface area contributed by atoms with Gasteiger partial charge in [-0.1, -0.05) is 57.0 Å². The normalized spacial score (nSPS) is 14.8. The number of nitro benzene ring substituents is 1. The first kappa shape index (κ1) is 11.7. The SMILES string of the molecule is C[C@H](Br)[C@H](Br)c1ccccc1[N+](=O)[O-]. The average molecular weight is 323 g/mol. The van der Waals surface area contributed by atoms with E-state index in [2.05, 4.69) is 31.9 Å². The largest absolute Gasteiger partial charge is 0.273 e. The summed E-state index contributed by atoms with van der Waals surface area (Å²) in [6.45, 7) is 1.94. The molecule has 0 saturated heterocycles. The van der Waals surface area contributed by atoms with Crippen molar-refractivity contribution in [1.29, 1.82) is 0 Å². The van der Waals surface area contributed by atoms with Crippen molar-refractivity contribution in [2.75, 3.05) is 0 Å². The maximum atomic E-state index is 10.7. The fraction of sp³-hybridized carbons (Fsp3) is 0.333. The molecule has 1 rings (SSSR count). The Morgan fingerprint density at radius 3 is 2.43 bits per heavy atom. The van der Waals surface area contributed by atoms with Crippen LogP contribution < -0.4 is 0 Å². The molecule has 1 aromatic carbocycles. The van der Waals surface area contributed by atoms with Crippen LogP contribution in [0.4, 0.5) is 5.69 Å². The maximum absolute atomic E-state index is 10.7. The Bertz CT molecular complexity index is 341. The van der Waals surface area contributed by atoms with Crippen LogP contribution in [0.5, 0.6) is 0 Å². The van der Waals surface area contributed by atoms with Crippen molar-refractivity contribution in [2.24, 2.45) is 0 Å². The molecule has 3 nitrogen and oxygen atoms in total. The zero-order valence-corrected chi connectivity index (χ0v) is 10.7. The van der Waals surface area contributed by atoms with Crippen molar-refractivity contribution in [3.8, 4) is 0 Å². The summed E-state index contributed by atoms with van der Waals surface area (Å²) in [4.78, 5) is 10.4. The van der Waals surface area contributed by atoms with Gasteiger partial charge in [-0.05, 0) is 0 Å². The van der Waals surface area contributed by atoms with Gasteiger partial charge in [-0.15, -0.1) is 0 Å². The van der Waals surface area contributed by atoms with Gasteiger partial charge in [0.2, 0.25) is 0 Å². The molecule has 5 heteroatoms. The first-order valence-corrected chi connectivity index (χ1v) is 5.88. The highest BCUT2D eigenvalue weighted by atomic mass is 79.9. The molecule has 0 aromatic heterocycles. The van der Waals surface area contributed by atoms with Crippen molar-refractivity contribution in [2.45, 2.75) is 16.6 Å². The Morgan fingerprint density at radius 1 is 1.36 bits per heavy atom. The molecule has 0 heterocycles. The minimum atomic E-state index is -0.362. The molecule has 0 radical (unpaired) electrons. The van der Waals surface area contributed by atoms with Crippen LogP contribution in [0.25, 0.3) is 0 Å². The Morgan fingerprint density at radius 2 is 1.93 bits per heavy atom. The zero-order valence-electron chi connectivity index (χ0n) is 7.48. The molecule has 14 heavy (non-hydrogen) atoms. The number of para-hydroxylation sites is 1. The summed E-state index contributed by atoms with van der Waals surface area (Å²) in [7, 11) is 0. The molecule has 0 aliphatic rings. The van der Waals surface area contributed by atoms with Crippen LogP contribution in [0, 0.1) is 10.1 Å². The molecule has 0 aliphatic heterocycles. The second-order valence-corrected chi connectivity index (χ2v) is 5.33. The fourth-order valence-electron chi connectivity index (χ4n) is 1.13. The predicted octanol–water partition coefficient (Wildman–Crippen LogP) is 3.81. The molecule has 0 spiro atoms. The van der Waals surface area contributed by atoms with Gasteiger partial charge in [0.05, 0.1) is 9.75 Å². The molecule has 0 fully saturated rings. The lowest BCUT2D eigenvalue weighted by Gasteiger charge is -2.12. The van der Waals surface area contributed by atoms with E-state index in [1.165, 1.54) is 6.07 Å². The van der Waals surface area contributed by atoms with Gasteiger partial charge in [-0.25, -0.2) is 0 Å². The topological polar surface area (TPSA) is 43.1 Å². The van der Waals surface area contributed by atoms with Gasteiger partial charge in [0.25, 0.3) is 5.69 Å². The number of nitro groups is 1. The highest BCUT2D eigenvalue weighted by molar-refractivity contribution is 9.12. The van der Waals surface area contributed by atoms with Crippen LogP contribution in [-0.2, 0) is 0 Å². The molecule has 1 aromatic rings. The summed E-state index contributed by atoms with van der Waals surface area (Å²) in [5.41, 5.74) is 0.850. The van der Waals surface area contributed by atoms with E-state index in [4.69, 9.17) is 0 Å². The van der Waals surface area contributed by atoms with E-state index in [0.29, 0.717) is 5.56 Å². The molecular formula is C9H9Br2NO2. The monoisotopic (exact) mass is 321 g/mol. The quantitative estimate of drug-likeness (QED) is 0.482. The summed E-state index contributed by atoms with van der Waals surface area (Å²) in [6, 6.07) is 6.74. The van der Waals surface area contributed by atoms with E-state index in [0.717, 1.165) is 0 Å². The summed E-state index contributed by atoms with van der Waals surface area (Å²) in [5.74, 6) is 0. The van der Waals surface area contributed by atoms with E-state index < -0.39 is 0 Å². The lowest BCUT2D eigenvalue weighted by atomic mass is 10.1. The third kappa shape index (κ3) is 2.54. The van der Waals surface area contributed by atoms with Crippen LogP contribution in [0.1, 0.15) is 17.3 Å². The van der Waals surface area contributed by atoms with Crippen molar-refractivity contribution < 1.29 is 4.92 Å². The Hall–Kier alpha value is -0.420. The fourth-order valence-corrected chi connectivity index (χ4v) is 1.81. The van der Waals surface area contributed by atoms with Crippen LogP contribution >= 0.6 is 31.9 Å². The van der Waals surface area contributed by atoms with Crippen molar-refractivity contribution in [3.63, 3.8) is 0 Å². The minimum absolute atomic E-state index is 0.0518. The minimum Gasteiger partial charge on any atom is -0.258 e. The Labute approximate surface area is 98.9 Å². The number of rotatable bonds is 3. The summed E-state index contributed by atoms with van der Waals surface area (Å²) >= 11 is 6.81. The second kappa shape index (κ2) is 4.89. The van der Waals surface area contributed by atoms with Crippen molar-refractivity contribution in [1.82, 2.24) is 0 Å². The molecular weight excluding hydrogens is 314 g/mol. The standard InChI is InChI=1S/C9H9Br2NO2/c1-6(10)9(11)7-4-2-3-5-8(7)12(13)14/h2-6,9H,1H3/t6-,9-/m0/s1. The highest BCUT2D eigenvalue weighted by Crippen LogP contribution is 2.35. The summed E-state index contributed by atoms with van der Waals surface area (Å²) in [5, 5.41) is 10.7. The lowest BCUT2D eigenvalue weighted by molar-refractivity contribution is -0.385. The van der Waals surface area contributed by atoms with Crippen LogP contribution in [0.3, 0.4) is 0 Å². The van der Waals surface area contributed by atoms with E-state index in [1.807, 2.05) is 6.92 Å². The summed E-state index contributed by atoms with van der Waals surface area (Å²) < 4.78 is 0. The predicted molar refractivity (Wildman–Crippen MR) is 63.2 cm³/mol. The van der Waals surface area contributed by atoms with Crippen LogP contribution in [0.2, 0.25) is 0 Å². The van der Waals surface area contributed by atoms with E-state index >= 15 is 0 Å². The number of halogens is 2. The molecule has 0 amide bonds. The van der Waals surface area contributed by atoms with Gasteiger partial charge in [-0.2, -0.15) is 0 Å². The number of hydrogen-bond donors (Lipinski definition) is 0.